The third kappa shape index (κ3) is 3.32. The molecule has 1 saturated heterocycles. The summed E-state index contributed by atoms with van der Waals surface area (Å²) in [5.41, 5.74) is 2.87. The van der Waals surface area contributed by atoms with E-state index in [-0.39, 0.29) is 5.91 Å². The first kappa shape index (κ1) is 18.0. The number of rotatable bonds is 2. The van der Waals surface area contributed by atoms with Crippen LogP contribution in [0.2, 0.25) is 0 Å². The summed E-state index contributed by atoms with van der Waals surface area (Å²) in [7, 11) is -1.42. The number of fused-ring (bicyclic) bond motifs is 2. The summed E-state index contributed by atoms with van der Waals surface area (Å²) < 4.78 is 18.5. The lowest BCUT2D eigenvalue weighted by atomic mass is 10.0. The predicted octanol–water partition coefficient (Wildman–Crippen LogP) is 3.32. The van der Waals surface area contributed by atoms with Gasteiger partial charge in [0.15, 0.2) is 0 Å². The average Bonchev–Trinajstić information content (AvgIpc) is 2.89. The van der Waals surface area contributed by atoms with Crippen molar-refractivity contribution in [3.63, 3.8) is 0 Å². The van der Waals surface area contributed by atoms with Crippen LogP contribution < -0.4 is 10.2 Å². The van der Waals surface area contributed by atoms with Gasteiger partial charge in [-0.25, -0.2) is 9.19 Å². The van der Waals surface area contributed by atoms with E-state index >= 15 is 0 Å². The Bertz CT molecular complexity index is 1130. The molecule has 29 heavy (non-hydrogen) atoms. The normalized spacial score (nSPS) is 18.4. The second kappa shape index (κ2) is 7.42. The maximum absolute atomic E-state index is 13.1. The maximum atomic E-state index is 13.1. The van der Waals surface area contributed by atoms with E-state index in [9.17, 15) is 9.00 Å². The molecule has 0 spiro atoms. The first-order valence-electron chi connectivity index (χ1n) is 9.46. The quantitative estimate of drug-likeness (QED) is 0.708. The Labute approximate surface area is 171 Å². The summed E-state index contributed by atoms with van der Waals surface area (Å²) in [5, 5.41) is 2.88. The first-order chi connectivity index (χ1) is 14.2. The molecule has 1 atom stereocenters. The topological polar surface area (TPSA) is 71.5 Å². The molecule has 1 aromatic heterocycles. The molecule has 1 amide bonds. The number of hydrogen-bond acceptors (Lipinski definition) is 5. The summed E-state index contributed by atoms with van der Waals surface area (Å²) in [5.74, 6) is 0.642. The molecule has 0 radical (unpaired) electrons. The van der Waals surface area contributed by atoms with Crippen LogP contribution in [0, 0.1) is 0 Å². The number of benzene rings is 2. The number of ether oxygens (including phenoxy) is 1. The van der Waals surface area contributed by atoms with Crippen molar-refractivity contribution in [3.05, 3.63) is 66.4 Å². The van der Waals surface area contributed by atoms with Crippen molar-refractivity contribution in [1.82, 2.24) is 4.98 Å². The van der Waals surface area contributed by atoms with E-state index in [4.69, 9.17) is 4.74 Å². The molecule has 0 aliphatic carbocycles. The molecule has 0 bridgehead atoms. The number of nitrogens with zero attached hydrogens (tertiary/aromatic N) is 2. The molecular formula is C22H19N3O3S. The smallest absolute Gasteiger partial charge is 0.256 e. The van der Waals surface area contributed by atoms with Gasteiger partial charge in [-0.3, -0.25) is 4.79 Å². The van der Waals surface area contributed by atoms with Gasteiger partial charge in [0.1, 0.15) is 5.82 Å². The molecule has 2 aliphatic heterocycles. The molecular weight excluding hydrogens is 386 g/mol. The molecule has 1 unspecified atom stereocenters. The second-order valence-electron chi connectivity index (χ2n) is 6.93. The fourth-order valence-corrected chi connectivity index (χ4v) is 4.95. The van der Waals surface area contributed by atoms with Crippen LogP contribution in [0.1, 0.15) is 10.4 Å². The standard InChI is InChI=1S/C22H19N3O3S/c26-22-17-13-15(16-7-8-23-21(14-16)25-9-11-28-12-10-25)5-6-19(17)29(27)20-4-2-1-3-18(20)24-22/h1-8,13-14H,9-12H2,(H,24,26). The number of morpholine rings is 1. The van der Waals surface area contributed by atoms with E-state index in [0.717, 1.165) is 30.0 Å². The van der Waals surface area contributed by atoms with Crippen molar-refractivity contribution in [2.75, 3.05) is 36.5 Å². The molecule has 6 nitrogen and oxygen atoms in total. The van der Waals surface area contributed by atoms with Crippen LogP contribution in [0.25, 0.3) is 11.1 Å². The van der Waals surface area contributed by atoms with Gasteiger partial charge in [0.05, 0.1) is 45.1 Å². The van der Waals surface area contributed by atoms with Crippen LogP contribution in [0.3, 0.4) is 0 Å². The van der Waals surface area contributed by atoms with Crippen LogP contribution in [0.15, 0.2) is 70.6 Å². The van der Waals surface area contributed by atoms with Gasteiger partial charge in [0.2, 0.25) is 0 Å². The molecule has 1 fully saturated rings. The Kier molecular flexibility index (Phi) is 4.61. The Morgan fingerprint density at radius 2 is 1.76 bits per heavy atom. The zero-order valence-corrected chi connectivity index (χ0v) is 16.4. The number of hydrogen-bond donors (Lipinski definition) is 1. The fourth-order valence-electron chi connectivity index (χ4n) is 3.65. The second-order valence-corrected chi connectivity index (χ2v) is 8.35. The van der Waals surface area contributed by atoms with Crippen molar-refractivity contribution < 1.29 is 13.7 Å². The van der Waals surface area contributed by atoms with Gasteiger partial charge in [-0.05, 0) is 47.5 Å². The van der Waals surface area contributed by atoms with E-state index in [0.29, 0.717) is 34.3 Å². The average molecular weight is 405 g/mol. The third-order valence-electron chi connectivity index (χ3n) is 5.17. The minimum Gasteiger partial charge on any atom is -0.378 e. The largest absolute Gasteiger partial charge is 0.378 e. The molecule has 3 aromatic rings. The summed E-state index contributed by atoms with van der Waals surface area (Å²) in [4.78, 5) is 20.7. The summed E-state index contributed by atoms with van der Waals surface area (Å²) in [6, 6.07) is 16.7. The third-order valence-corrected chi connectivity index (χ3v) is 6.68. The Hall–Kier alpha value is -3.03. The highest BCUT2D eigenvalue weighted by Gasteiger charge is 2.25. The van der Waals surface area contributed by atoms with Crippen LogP contribution in [0.5, 0.6) is 0 Å². The number of carbonyl (C=O) groups is 1. The van der Waals surface area contributed by atoms with Gasteiger partial charge in [-0.15, -0.1) is 0 Å². The SMILES string of the molecule is O=C1Nc2ccccc2S(=O)c2ccc(-c3ccnc(N4CCOCC4)c3)cc21. The van der Waals surface area contributed by atoms with Crippen LogP contribution >= 0.6 is 0 Å². The number of pyridine rings is 1. The van der Waals surface area contributed by atoms with E-state index in [1.54, 1.807) is 24.4 Å². The van der Waals surface area contributed by atoms with Crippen LogP contribution in [-0.2, 0) is 15.5 Å². The van der Waals surface area contributed by atoms with Crippen molar-refractivity contribution in [2.24, 2.45) is 0 Å². The number of aromatic nitrogens is 1. The molecule has 2 aliphatic rings. The number of nitrogens with one attached hydrogen (secondary N) is 1. The molecule has 146 valence electrons. The summed E-state index contributed by atoms with van der Waals surface area (Å²) >= 11 is 0. The maximum Gasteiger partial charge on any atom is 0.256 e. The molecule has 7 heteroatoms. The Morgan fingerprint density at radius 3 is 2.62 bits per heavy atom. The lowest BCUT2D eigenvalue weighted by Gasteiger charge is -2.28. The monoisotopic (exact) mass is 405 g/mol. The Balaban J connectivity index is 1.54. The first-order valence-corrected chi connectivity index (χ1v) is 10.6. The number of para-hydroxylation sites is 1. The van der Waals surface area contributed by atoms with E-state index in [1.807, 2.05) is 36.4 Å². The lowest BCUT2D eigenvalue weighted by molar-refractivity contribution is 0.102. The zero-order chi connectivity index (χ0) is 19.8. The lowest BCUT2D eigenvalue weighted by Crippen LogP contribution is -2.36. The van der Waals surface area contributed by atoms with Gasteiger partial charge in [-0.1, -0.05) is 18.2 Å². The van der Waals surface area contributed by atoms with Crippen molar-refractivity contribution in [2.45, 2.75) is 9.79 Å². The Morgan fingerprint density at radius 1 is 0.966 bits per heavy atom. The highest BCUT2D eigenvalue weighted by Crippen LogP contribution is 2.33. The van der Waals surface area contributed by atoms with Gasteiger partial charge in [0, 0.05) is 19.3 Å². The number of carbonyl (C=O) groups excluding carboxylic acids is 1. The molecule has 3 heterocycles. The van der Waals surface area contributed by atoms with Gasteiger partial charge < -0.3 is 15.0 Å². The zero-order valence-electron chi connectivity index (χ0n) is 15.6. The van der Waals surface area contributed by atoms with Crippen molar-refractivity contribution in [1.29, 1.82) is 0 Å². The predicted molar refractivity (Wildman–Crippen MR) is 112 cm³/mol. The van der Waals surface area contributed by atoms with Gasteiger partial charge >= 0.3 is 0 Å². The highest BCUT2D eigenvalue weighted by molar-refractivity contribution is 7.85. The van der Waals surface area contributed by atoms with Crippen molar-refractivity contribution in [3.8, 4) is 11.1 Å². The van der Waals surface area contributed by atoms with E-state index < -0.39 is 10.8 Å². The number of anilines is 2. The molecule has 5 rings (SSSR count). The van der Waals surface area contributed by atoms with Gasteiger partial charge in [0.25, 0.3) is 5.91 Å². The van der Waals surface area contributed by atoms with Gasteiger partial charge in [-0.2, -0.15) is 0 Å². The van der Waals surface area contributed by atoms with Crippen molar-refractivity contribution >= 4 is 28.2 Å². The molecule has 1 N–H and O–H groups in total. The van der Waals surface area contributed by atoms with E-state index in [1.165, 1.54) is 0 Å². The minimum absolute atomic E-state index is 0.248. The minimum atomic E-state index is -1.42. The fraction of sp³-hybridized carbons (Fsp3) is 0.182. The van der Waals surface area contributed by atoms with Crippen LogP contribution in [0.4, 0.5) is 11.5 Å². The molecule has 2 aromatic carbocycles. The summed E-state index contributed by atoms with van der Waals surface area (Å²) in [6.07, 6.45) is 1.78. The molecule has 0 saturated carbocycles. The highest BCUT2D eigenvalue weighted by atomic mass is 32.2. The van der Waals surface area contributed by atoms with E-state index in [2.05, 4.69) is 15.2 Å². The number of amides is 1. The summed E-state index contributed by atoms with van der Waals surface area (Å²) in [6.45, 7) is 3.00. The van der Waals surface area contributed by atoms with Crippen LogP contribution in [-0.4, -0.2) is 41.4 Å².